The largest absolute Gasteiger partial charge is 0.381 e. The van der Waals surface area contributed by atoms with Gasteiger partial charge in [-0.15, -0.1) is 35.3 Å². The molecule has 8 heteroatoms. The number of aliphatic imine (C=N–C) groups is 1. The van der Waals surface area contributed by atoms with Gasteiger partial charge in [0, 0.05) is 57.6 Å². The van der Waals surface area contributed by atoms with Gasteiger partial charge in [-0.1, -0.05) is 0 Å². The third-order valence-electron chi connectivity index (χ3n) is 4.41. The number of nitrogens with one attached hydrogen (secondary N) is 2. The number of guanidine groups is 1. The minimum atomic E-state index is -0.190. The maximum Gasteiger partial charge on any atom is 0.191 e. The molecular weight excluding hydrogens is 451 g/mol. The van der Waals surface area contributed by atoms with Gasteiger partial charge in [-0.25, -0.2) is 4.98 Å². The summed E-state index contributed by atoms with van der Waals surface area (Å²) < 4.78 is 11.2. The fourth-order valence-corrected chi connectivity index (χ4v) is 3.60. The number of halogens is 1. The second kappa shape index (κ2) is 11.3. The molecule has 1 fully saturated rings. The molecule has 144 valence electrons. The van der Waals surface area contributed by atoms with Gasteiger partial charge < -0.3 is 20.1 Å². The number of aryl methyl sites for hydroxylation is 2. The number of ether oxygens (including phenoxy) is 2. The van der Waals surface area contributed by atoms with E-state index in [-0.39, 0.29) is 29.6 Å². The minimum absolute atomic E-state index is 0. The Morgan fingerprint density at radius 3 is 2.60 bits per heavy atom. The molecular formula is C17H31IN4O2S. The van der Waals surface area contributed by atoms with Crippen LogP contribution in [0.25, 0.3) is 0 Å². The normalized spacial score (nSPS) is 17.0. The van der Waals surface area contributed by atoms with E-state index >= 15 is 0 Å². The van der Waals surface area contributed by atoms with E-state index in [0.29, 0.717) is 6.54 Å². The molecule has 0 atom stereocenters. The number of nitrogens with zero attached hydrogens (tertiary/aromatic N) is 2. The first-order valence-electron chi connectivity index (χ1n) is 8.66. The van der Waals surface area contributed by atoms with Crippen LogP contribution in [0.4, 0.5) is 0 Å². The Balaban J connectivity index is 0.00000312. The van der Waals surface area contributed by atoms with Gasteiger partial charge in [0.25, 0.3) is 0 Å². The van der Waals surface area contributed by atoms with Crippen molar-refractivity contribution in [2.45, 2.75) is 45.6 Å². The van der Waals surface area contributed by atoms with Gasteiger partial charge >= 0.3 is 0 Å². The summed E-state index contributed by atoms with van der Waals surface area (Å²) in [6.07, 6.45) is 2.70. The second-order valence-electron chi connectivity index (χ2n) is 6.12. The molecule has 0 unspecified atom stereocenters. The van der Waals surface area contributed by atoms with Crippen LogP contribution in [0.15, 0.2) is 4.99 Å². The zero-order valence-corrected chi connectivity index (χ0v) is 18.8. The zero-order chi connectivity index (χ0) is 17.4. The molecule has 25 heavy (non-hydrogen) atoms. The Hall–Kier alpha value is -0.450. The Bertz CT molecular complexity index is 525. The first-order chi connectivity index (χ1) is 11.6. The van der Waals surface area contributed by atoms with Crippen molar-refractivity contribution in [3.05, 3.63) is 15.6 Å². The van der Waals surface area contributed by atoms with Crippen LogP contribution in [-0.4, -0.2) is 56.5 Å². The van der Waals surface area contributed by atoms with Crippen molar-refractivity contribution in [3.8, 4) is 0 Å². The van der Waals surface area contributed by atoms with Gasteiger partial charge in [-0.2, -0.15) is 0 Å². The third-order valence-corrected chi connectivity index (χ3v) is 5.54. The monoisotopic (exact) mass is 482 g/mol. The zero-order valence-electron chi connectivity index (χ0n) is 15.7. The predicted molar refractivity (Wildman–Crippen MR) is 114 cm³/mol. The number of rotatable bonds is 7. The third kappa shape index (κ3) is 6.99. The molecule has 0 spiro atoms. The van der Waals surface area contributed by atoms with Gasteiger partial charge in [0.2, 0.25) is 0 Å². The van der Waals surface area contributed by atoms with Crippen molar-refractivity contribution in [1.29, 1.82) is 0 Å². The van der Waals surface area contributed by atoms with Crippen molar-refractivity contribution in [1.82, 2.24) is 15.6 Å². The number of hydrogen-bond acceptors (Lipinski definition) is 5. The van der Waals surface area contributed by atoms with Crippen molar-refractivity contribution < 1.29 is 9.47 Å². The van der Waals surface area contributed by atoms with Crippen LogP contribution < -0.4 is 10.6 Å². The minimum Gasteiger partial charge on any atom is -0.381 e. The highest BCUT2D eigenvalue weighted by atomic mass is 127. The number of methoxy groups -OCH3 is 1. The summed E-state index contributed by atoms with van der Waals surface area (Å²) in [4.78, 5) is 10.6. The quantitative estimate of drug-likeness (QED) is 0.356. The highest BCUT2D eigenvalue weighted by Gasteiger charge is 2.32. The topological polar surface area (TPSA) is 67.8 Å². The van der Waals surface area contributed by atoms with Crippen LogP contribution in [0.3, 0.4) is 0 Å². The smallest absolute Gasteiger partial charge is 0.191 e. The molecule has 2 heterocycles. The summed E-state index contributed by atoms with van der Waals surface area (Å²) in [6, 6.07) is 0. The van der Waals surface area contributed by atoms with Crippen molar-refractivity contribution in [2.75, 3.05) is 40.0 Å². The van der Waals surface area contributed by atoms with E-state index in [2.05, 4.69) is 36.4 Å². The lowest BCUT2D eigenvalue weighted by Gasteiger charge is -2.34. The Labute approximate surface area is 172 Å². The van der Waals surface area contributed by atoms with E-state index in [1.807, 2.05) is 0 Å². The van der Waals surface area contributed by atoms with Crippen LogP contribution in [0.2, 0.25) is 0 Å². The van der Waals surface area contributed by atoms with Crippen molar-refractivity contribution in [3.63, 3.8) is 0 Å². The second-order valence-corrected chi connectivity index (χ2v) is 7.41. The number of thiazole rings is 1. The molecule has 1 aromatic heterocycles. The molecule has 0 radical (unpaired) electrons. The van der Waals surface area contributed by atoms with Gasteiger partial charge in [-0.3, -0.25) is 4.99 Å². The summed E-state index contributed by atoms with van der Waals surface area (Å²) in [5.74, 6) is 0.838. The Morgan fingerprint density at radius 1 is 1.32 bits per heavy atom. The van der Waals surface area contributed by atoms with Crippen LogP contribution in [0.1, 0.15) is 35.3 Å². The molecule has 0 saturated carbocycles. The van der Waals surface area contributed by atoms with Crippen LogP contribution >= 0.6 is 35.3 Å². The lowest BCUT2D eigenvalue weighted by Crippen LogP contribution is -2.44. The molecule has 2 N–H and O–H groups in total. The summed E-state index contributed by atoms with van der Waals surface area (Å²) in [5.41, 5.74) is 0.946. The summed E-state index contributed by atoms with van der Waals surface area (Å²) in [5, 5.41) is 7.87. The van der Waals surface area contributed by atoms with E-state index in [4.69, 9.17) is 14.5 Å². The molecule has 0 aliphatic carbocycles. The predicted octanol–water partition coefficient (Wildman–Crippen LogP) is 2.67. The lowest BCUT2D eigenvalue weighted by molar-refractivity contribution is -0.0828. The molecule has 1 aliphatic rings. The van der Waals surface area contributed by atoms with Crippen LogP contribution in [0.5, 0.6) is 0 Å². The highest BCUT2D eigenvalue weighted by molar-refractivity contribution is 14.0. The Morgan fingerprint density at radius 2 is 2.04 bits per heavy atom. The summed E-state index contributed by atoms with van der Waals surface area (Å²) >= 11 is 1.77. The summed E-state index contributed by atoms with van der Waals surface area (Å²) in [7, 11) is 1.77. The maximum absolute atomic E-state index is 5.75. The first-order valence-corrected chi connectivity index (χ1v) is 9.48. The van der Waals surface area contributed by atoms with Crippen LogP contribution in [0, 0.1) is 13.8 Å². The van der Waals surface area contributed by atoms with Crippen LogP contribution in [-0.2, 0) is 15.9 Å². The fraction of sp³-hybridized carbons (Fsp3) is 0.765. The Kier molecular flexibility index (Phi) is 10.2. The number of hydrogen-bond donors (Lipinski definition) is 2. The van der Waals surface area contributed by atoms with Gasteiger partial charge in [-0.05, 0) is 20.8 Å². The molecule has 0 bridgehead atoms. The first kappa shape index (κ1) is 22.6. The molecule has 2 rings (SSSR count). The molecule has 1 saturated heterocycles. The summed E-state index contributed by atoms with van der Waals surface area (Å²) in [6.45, 7) is 10.1. The fourth-order valence-electron chi connectivity index (χ4n) is 2.67. The SMILES string of the molecule is CCNC(=NCC1(OC)CCOCC1)NCCc1nc(C)c(C)s1.I. The lowest BCUT2D eigenvalue weighted by atomic mass is 9.94. The standard InChI is InChI=1S/C17H30N4O2S.HI/c1-5-18-16(19-9-6-15-21-13(2)14(3)24-15)20-12-17(22-4)7-10-23-11-8-17;/h5-12H2,1-4H3,(H2,18,19,20);1H. The van der Waals surface area contributed by atoms with Crippen molar-refractivity contribution in [2.24, 2.45) is 4.99 Å². The molecule has 1 aromatic rings. The highest BCUT2D eigenvalue weighted by Crippen LogP contribution is 2.24. The van der Waals surface area contributed by atoms with Gasteiger partial charge in [0.1, 0.15) is 0 Å². The molecule has 1 aliphatic heterocycles. The average Bonchev–Trinajstić information content (AvgIpc) is 2.91. The molecule has 0 aromatic carbocycles. The van der Waals surface area contributed by atoms with E-state index in [9.17, 15) is 0 Å². The maximum atomic E-state index is 5.75. The average molecular weight is 482 g/mol. The van der Waals surface area contributed by atoms with E-state index in [0.717, 1.165) is 57.2 Å². The van der Waals surface area contributed by atoms with E-state index < -0.39 is 0 Å². The molecule has 6 nitrogen and oxygen atoms in total. The van der Waals surface area contributed by atoms with Gasteiger partial charge in [0.05, 0.1) is 22.8 Å². The number of aromatic nitrogens is 1. The van der Waals surface area contributed by atoms with Gasteiger partial charge in [0.15, 0.2) is 5.96 Å². The molecule has 0 amide bonds. The van der Waals surface area contributed by atoms with E-state index in [1.165, 1.54) is 9.88 Å². The van der Waals surface area contributed by atoms with Crippen molar-refractivity contribution >= 4 is 41.3 Å². The van der Waals surface area contributed by atoms with E-state index in [1.54, 1.807) is 18.4 Å².